The van der Waals surface area contributed by atoms with Gasteiger partial charge in [0.15, 0.2) is 11.5 Å². The number of ether oxygens (including phenoxy) is 2. The Balaban J connectivity index is 1.32. The Morgan fingerprint density at radius 1 is 1.09 bits per heavy atom. The zero-order chi connectivity index (χ0) is 23.8. The number of rotatable bonds is 7. The molecule has 0 aliphatic heterocycles. The third kappa shape index (κ3) is 4.50. The van der Waals surface area contributed by atoms with Crippen LogP contribution in [0.15, 0.2) is 42.6 Å². The largest absolute Gasteiger partial charge is 0.480 e. The van der Waals surface area contributed by atoms with E-state index < -0.39 is 5.91 Å². The Labute approximate surface area is 198 Å². The number of anilines is 2. The predicted molar refractivity (Wildman–Crippen MR) is 124 cm³/mol. The molecule has 174 valence electrons. The quantitative estimate of drug-likeness (QED) is 0.413. The standard InChI is InChI=1S/C22H20ClN7O4/c1-29-16(10-20(27-29)33-2)22(32)24-15-9-13(5-6-14(15)23)34-19-8-7-18-25-17(11-30(18)28-19)26-21(31)12-3-4-12/h5-12H,3-4H2,1-2H3,(H,24,32)(H,26,31). The Bertz CT molecular complexity index is 1410. The number of carbonyl (C=O) groups excluding carboxylic acids is 2. The molecule has 2 amide bonds. The fourth-order valence-corrected chi connectivity index (χ4v) is 3.44. The third-order valence-corrected chi connectivity index (χ3v) is 5.53. The van der Waals surface area contributed by atoms with E-state index in [0.29, 0.717) is 45.4 Å². The lowest BCUT2D eigenvalue weighted by molar-refractivity contribution is -0.117. The minimum atomic E-state index is -0.406. The summed E-state index contributed by atoms with van der Waals surface area (Å²) in [6.45, 7) is 0. The lowest BCUT2D eigenvalue weighted by atomic mass is 10.3. The number of aromatic nitrogens is 5. The van der Waals surface area contributed by atoms with Gasteiger partial charge in [0.2, 0.25) is 17.7 Å². The molecule has 34 heavy (non-hydrogen) atoms. The minimum Gasteiger partial charge on any atom is -0.480 e. The van der Waals surface area contributed by atoms with Gasteiger partial charge in [-0.3, -0.25) is 14.3 Å². The van der Waals surface area contributed by atoms with Crippen LogP contribution >= 0.6 is 11.6 Å². The fraction of sp³-hybridized carbons (Fsp3) is 0.227. The molecule has 1 aliphatic rings. The van der Waals surface area contributed by atoms with Gasteiger partial charge in [0, 0.05) is 31.2 Å². The molecule has 3 aromatic heterocycles. The molecule has 0 atom stereocenters. The number of hydrogen-bond acceptors (Lipinski definition) is 7. The van der Waals surface area contributed by atoms with Crippen molar-refractivity contribution in [3.63, 3.8) is 0 Å². The van der Waals surface area contributed by atoms with E-state index in [1.165, 1.54) is 22.4 Å². The molecule has 0 saturated heterocycles. The van der Waals surface area contributed by atoms with Gasteiger partial charge in [-0.15, -0.1) is 10.2 Å². The SMILES string of the molecule is COc1cc(C(=O)Nc2cc(Oc3ccc4nc(NC(=O)C5CC5)cn4n3)ccc2Cl)n(C)n1. The Morgan fingerprint density at radius 2 is 1.91 bits per heavy atom. The van der Waals surface area contributed by atoms with Crippen LogP contribution in [0, 0.1) is 5.92 Å². The van der Waals surface area contributed by atoms with E-state index in [9.17, 15) is 9.59 Å². The smallest absolute Gasteiger partial charge is 0.274 e. The molecule has 0 bridgehead atoms. The number of benzene rings is 1. The molecule has 5 rings (SSSR count). The number of nitrogens with zero attached hydrogens (tertiary/aromatic N) is 5. The topological polar surface area (TPSA) is 125 Å². The monoisotopic (exact) mass is 481 g/mol. The Hall–Kier alpha value is -4.12. The number of fused-ring (bicyclic) bond motifs is 1. The van der Waals surface area contributed by atoms with Crippen molar-refractivity contribution in [3.05, 3.63) is 53.3 Å². The lowest BCUT2D eigenvalue weighted by Crippen LogP contribution is -2.16. The summed E-state index contributed by atoms with van der Waals surface area (Å²) in [5, 5.41) is 14.3. The number of amides is 2. The molecule has 0 spiro atoms. The normalized spacial score (nSPS) is 13.0. The highest BCUT2D eigenvalue weighted by Gasteiger charge is 2.30. The van der Waals surface area contributed by atoms with Crippen molar-refractivity contribution in [2.24, 2.45) is 13.0 Å². The van der Waals surface area contributed by atoms with E-state index >= 15 is 0 Å². The molecule has 1 aromatic carbocycles. The molecule has 1 aliphatic carbocycles. The third-order valence-electron chi connectivity index (χ3n) is 5.20. The van der Waals surface area contributed by atoms with Gasteiger partial charge < -0.3 is 20.1 Å². The molecule has 4 aromatic rings. The number of imidazole rings is 1. The number of methoxy groups -OCH3 is 1. The van der Waals surface area contributed by atoms with Crippen molar-refractivity contribution < 1.29 is 19.1 Å². The lowest BCUT2D eigenvalue weighted by Gasteiger charge is -2.10. The highest BCUT2D eigenvalue weighted by molar-refractivity contribution is 6.34. The first-order valence-corrected chi connectivity index (χ1v) is 10.8. The second kappa shape index (κ2) is 8.67. The number of carbonyl (C=O) groups is 2. The van der Waals surface area contributed by atoms with Crippen LogP contribution in [0.1, 0.15) is 23.3 Å². The summed E-state index contributed by atoms with van der Waals surface area (Å²) in [4.78, 5) is 29.0. The summed E-state index contributed by atoms with van der Waals surface area (Å²) in [6.07, 6.45) is 3.45. The van der Waals surface area contributed by atoms with Gasteiger partial charge in [0.05, 0.1) is 24.0 Å². The summed E-state index contributed by atoms with van der Waals surface area (Å²) >= 11 is 6.27. The highest BCUT2D eigenvalue weighted by Crippen LogP contribution is 2.31. The van der Waals surface area contributed by atoms with Crippen LogP contribution in [-0.4, -0.2) is 43.3 Å². The van der Waals surface area contributed by atoms with E-state index in [4.69, 9.17) is 21.1 Å². The second-order valence-electron chi connectivity index (χ2n) is 7.76. The van der Waals surface area contributed by atoms with Crippen molar-refractivity contribution in [1.82, 2.24) is 24.4 Å². The fourth-order valence-electron chi connectivity index (χ4n) is 3.28. The molecule has 12 heteroatoms. The van der Waals surface area contributed by atoms with E-state index in [2.05, 4.69) is 25.8 Å². The van der Waals surface area contributed by atoms with Crippen LogP contribution in [0.3, 0.4) is 0 Å². The number of hydrogen-bond donors (Lipinski definition) is 2. The van der Waals surface area contributed by atoms with Crippen LogP contribution in [0.5, 0.6) is 17.5 Å². The molecule has 1 saturated carbocycles. The average molecular weight is 482 g/mol. The van der Waals surface area contributed by atoms with Crippen molar-refractivity contribution in [2.75, 3.05) is 17.7 Å². The molecular weight excluding hydrogens is 462 g/mol. The minimum absolute atomic E-state index is 0.0276. The maximum absolute atomic E-state index is 12.7. The molecule has 2 N–H and O–H groups in total. The second-order valence-corrected chi connectivity index (χ2v) is 8.16. The van der Waals surface area contributed by atoms with Crippen molar-refractivity contribution >= 4 is 40.6 Å². The van der Waals surface area contributed by atoms with Gasteiger partial charge >= 0.3 is 0 Å². The van der Waals surface area contributed by atoms with Gasteiger partial charge in [-0.2, -0.15) is 0 Å². The molecule has 3 heterocycles. The molecule has 0 unspecified atom stereocenters. The van der Waals surface area contributed by atoms with Gasteiger partial charge in [-0.1, -0.05) is 11.6 Å². The molecule has 0 radical (unpaired) electrons. The Kier molecular flexibility index (Phi) is 5.54. The molecular formula is C22H20ClN7O4. The molecule has 1 fully saturated rings. The first-order chi connectivity index (χ1) is 16.4. The van der Waals surface area contributed by atoms with Crippen LogP contribution < -0.4 is 20.1 Å². The highest BCUT2D eigenvalue weighted by atomic mass is 35.5. The van der Waals surface area contributed by atoms with Gasteiger partial charge in [-0.25, -0.2) is 9.50 Å². The zero-order valence-corrected chi connectivity index (χ0v) is 19.0. The van der Waals surface area contributed by atoms with Crippen LogP contribution in [0.4, 0.5) is 11.5 Å². The van der Waals surface area contributed by atoms with Gasteiger partial charge in [0.25, 0.3) is 5.91 Å². The maximum Gasteiger partial charge on any atom is 0.274 e. The van der Waals surface area contributed by atoms with Gasteiger partial charge in [0.1, 0.15) is 11.4 Å². The Morgan fingerprint density at radius 3 is 2.65 bits per heavy atom. The van der Waals surface area contributed by atoms with Crippen LogP contribution in [0.2, 0.25) is 5.02 Å². The van der Waals surface area contributed by atoms with Crippen LogP contribution in [0.25, 0.3) is 5.65 Å². The summed E-state index contributed by atoms with van der Waals surface area (Å²) in [5.41, 5.74) is 1.23. The average Bonchev–Trinajstić information content (AvgIpc) is 3.49. The maximum atomic E-state index is 12.7. The number of nitrogens with one attached hydrogen (secondary N) is 2. The first-order valence-electron chi connectivity index (χ1n) is 10.4. The van der Waals surface area contributed by atoms with E-state index in [1.54, 1.807) is 43.6 Å². The summed E-state index contributed by atoms with van der Waals surface area (Å²) in [6, 6.07) is 9.76. The number of halogens is 1. The zero-order valence-electron chi connectivity index (χ0n) is 18.3. The van der Waals surface area contributed by atoms with E-state index in [-0.39, 0.29) is 11.8 Å². The summed E-state index contributed by atoms with van der Waals surface area (Å²) in [5.74, 6) is 1.11. The van der Waals surface area contributed by atoms with E-state index in [0.717, 1.165) is 12.8 Å². The number of aryl methyl sites for hydroxylation is 1. The van der Waals surface area contributed by atoms with Crippen molar-refractivity contribution in [1.29, 1.82) is 0 Å². The van der Waals surface area contributed by atoms with Crippen molar-refractivity contribution in [3.8, 4) is 17.5 Å². The van der Waals surface area contributed by atoms with Crippen molar-refractivity contribution in [2.45, 2.75) is 12.8 Å². The summed E-state index contributed by atoms with van der Waals surface area (Å²) in [7, 11) is 3.11. The summed E-state index contributed by atoms with van der Waals surface area (Å²) < 4.78 is 13.8. The predicted octanol–water partition coefficient (Wildman–Crippen LogP) is 3.52. The van der Waals surface area contributed by atoms with Gasteiger partial charge in [-0.05, 0) is 31.0 Å². The first kappa shape index (κ1) is 21.7. The van der Waals surface area contributed by atoms with Crippen LogP contribution in [-0.2, 0) is 11.8 Å². The van der Waals surface area contributed by atoms with E-state index in [1.807, 2.05) is 0 Å². The molecule has 11 nitrogen and oxygen atoms in total.